The van der Waals surface area contributed by atoms with Gasteiger partial charge < -0.3 is 19.7 Å². The molecular formula is C21H33N3O2S. The van der Waals surface area contributed by atoms with Gasteiger partial charge in [0.2, 0.25) is 0 Å². The Labute approximate surface area is 167 Å². The number of hydrogen-bond acceptors (Lipinski definition) is 4. The summed E-state index contributed by atoms with van der Waals surface area (Å²) in [6, 6.07) is 8.65. The third kappa shape index (κ3) is 6.40. The number of guanidine groups is 1. The maximum atomic E-state index is 6.05. The Morgan fingerprint density at radius 2 is 2.11 bits per heavy atom. The van der Waals surface area contributed by atoms with E-state index in [9.17, 15) is 0 Å². The van der Waals surface area contributed by atoms with Crippen molar-refractivity contribution in [3.8, 4) is 0 Å². The van der Waals surface area contributed by atoms with Gasteiger partial charge in [0.25, 0.3) is 0 Å². The molecule has 0 spiro atoms. The predicted molar refractivity (Wildman–Crippen MR) is 113 cm³/mol. The van der Waals surface area contributed by atoms with E-state index in [0.717, 1.165) is 57.4 Å². The van der Waals surface area contributed by atoms with Crippen LogP contribution in [-0.2, 0) is 22.6 Å². The second kappa shape index (κ2) is 9.80. The largest absolute Gasteiger partial charge is 0.381 e. The van der Waals surface area contributed by atoms with Gasteiger partial charge in [-0.05, 0) is 37.8 Å². The molecule has 0 aliphatic carbocycles. The Morgan fingerprint density at radius 3 is 2.85 bits per heavy atom. The number of benzene rings is 1. The lowest BCUT2D eigenvalue weighted by Crippen LogP contribution is -2.50. The molecule has 1 N–H and O–H groups in total. The van der Waals surface area contributed by atoms with Crippen molar-refractivity contribution in [3.63, 3.8) is 0 Å². The molecule has 1 aromatic rings. The summed E-state index contributed by atoms with van der Waals surface area (Å²) in [5.74, 6) is 2.14. The maximum Gasteiger partial charge on any atom is 0.193 e. The first kappa shape index (κ1) is 20.5. The molecule has 0 radical (unpaired) electrons. The summed E-state index contributed by atoms with van der Waals surface area (Å²) in [6.07, 6.45) is 2.34. The topological polar surface area (TPSA) is 46.1 Å². The van der Waals surface area contributed by atoms with Gasteiger partial charge in [0.15, 0.2) is 5.96 Å². The van der Waals surface area contributed by atoms with Crippen LogP contribution in [0.1, 0.15) is 37.8 Å². The molecule has 2 saturated heterocycles. The van der Waals surface area contributed by atoms with Gasteiger partial charge in [-0.1, -0.05) is 24.3 Å². The maximum absolute atomic E-state index is 6.05. The smallest absolute Gasteiger partial charge is 0.193 e. The van der Waals surface area contributed by atoms with Gasteiger partial charge in [-0.15, -0.1) is 0 Å². The quantitative estimate of drug-likeness (QED) is 0.616. The molecule has 0 amide bonds. The fourth-order valence-electron chi connectivity index (χ4n) is 3.60. The molecule has 2 fully saturated rings. The van der Waals surface area contributed by atoms with Crippen LogP contribution in [0.5, 0.6) is 0 Å². The molecule has 0 unspecified atom stereocenters. The van der Waals surface area contributed by atoms with E-state index in [4.69, 9.17) is 9.47 Å². The Morgan fingerprint density at radius 1 is 1.33 bits per heavy atom. The van der Waals surface area contributed by atoms with Crippen LogP contribution in [0.2, 0.25) is 0 Å². The molecule has 2 aliphatic heterocycles. The second-order valence-corrected chi connectivity index (χ2v) is 9.68. The van der Waals surface area contributed by atoms with Crippen LogP contribution >= 0.6 is 11.8 Å². The average Bonchev–Trinajstić information content (AvgIpc) is 2.67. The van der Waals surface area contributed by atoms with Crippen molar-refractivity contribution in [2.24, 2.45) is 4.99 Å². The molecule has 0 atom stereocenters. The summed E-state index contributed by atoms with van der Waals surface area (Å²) in [5, 5.41) is 3.54. The van der Waals surface area contributed by atoms with E-state index in [-0.39, 0.29) is 4.75 Å². The summed E-state index contributed by atoms with van der Waals surface area (Å²) in [5.41, 5.74) is 2.49. The minimum absolute atomic E-state index is 0.275. The summed E-state index contributed by atoms with van der Waals surface area (Å²) < 4.78 is 11.7. The minimum atomic E-state index is 0.275. The van der Waals surface area contributed by atoms with Gasteiger partial charge in [0.05, 0.1) is 12.7 Å². The van der Waals surface area contributed by atoms with Gasteiger partial charge >= 0.3 is 0 Å². The first-order valence-corrected chi connectivity index (χ1v) is 10.9. The van der Waals surface area contributed by atoms with Crippen molar-refractivity contribution < 1.29 is 9.47 Å². The van der Waals surface area contributed by atoms with Crippen LogP contribution in [0, 0.1) is 0 Å². The van der Waals surface area contributed by atoms with E-state index >= 15 is 0 Å². The molecule has 3 rings (SSSR count). The first-order chi connectivity index (χ1) is 13.1. The Kier molecular flexibility index (Phi) is 7.44. The van der Waals surface area contributed by atoms with E-state index in [1.165, 1.54) is 11.1 Å². The SMILES string of the molecule is CN=C(NCc1cccc(COC2CCOCC2)c1)N1CCSC(C)(C)C1. The molecule has 0 bridgehead atoms. The highest BCUT2D eigenvalue weighted by molar-refractivity contribution is 8.00. The molecule has 2 heterocycles. The lowest BCUT2D eigenvalue weighted by molar-refractivity contribution is -0.0390. The minimum Gasteiger partial charge on any atom is -0.381 e. The van der Waals surface area contributed by atoms with E-state index in [1.54, 1.807) is 0 Å². The third-order valence-electron chi connectivity index (χ3n) is 5.03. The molecular weight excluding hydrogens is 358 g/mol. The van der Waals surface area contributed by atoms with Gasteiger partial charge in [-0.2, -0.15) is 11.8 Å². The van der Waals surface area contributed by atoms with Crippen LogP contribution in [0.4, 0.5) is 0 Å². The van der Waals surface area contributed by atoms with Crippen molar-refractivity contribution in [1.82, 2.24) is 10.2 Å². The fraction of sp³-hybridized carbons (Fsp3) is 0.667. The van der Waals surface area contributed by atoms with Crippen LogP contribution in [0.25, 0.3) is 0 Å². The Hall–Kier alpha value is -1.24. The fourth-order valence-corrected chi connectivity index (χ4v) is 4.71. The van der Waals surface area contributed by atoms with Gasteiger partial charge in [-0.3, -0.25) is 4.99 Å². The molecule has 6 heteroatoms. The van der Waals surface area contributed by atoms with E-state index in [1.807, 2.05) is 18.8 Å². The highest BCUT2D eigenvalue weighted by atomic mass is 32.2. The number of thioether (sulfide) groups is 1. The van der Waals surface area contributed by atoms with Crippen molar-refractivity contribution in [1.29, 1.82) is 0 Å². The van der Waals surface area contributed by atoms with Crippen LogP contribution in [0.3, 0.4) is 0 Å². The molecule has 150 valence electrons. The third-order valence-corrected chi connectivity index (χ3v) is 6.33. The van der Waals surface area contributed by atoms with Gasteiger partial charge in [0, 0.05) is 50.4 Å². The highest BCUT2D eigenvalue weighted by Gasteiger charge is 2.28. The molecule has 5 nitrogen and oxygen atoms in total. The van der Waals surface area contributed by atoms with Crippen LogP contribution < -0.4 is 5.32 Å². The van der Waals surface area contributed by atoms with Crippen LogP contribution in [-0.4, -0.2) is 60.8 Å². The summed E-state index contributed by atoms with van der Waals surface area (Å²) >= 11 is 2.04. The predicted octanol–water partition coefficient (Wildman–Crippen LogP) is 3.29. The number of rotatable bonds is 5. The molecule has 0 saturated carbocycles. The highest BCUT2D eigenvalue weighted by Crippen LogP contribution is 2.29. The average molecular weight is 392 g/mol. The number of nitrogens with zero attached hydrogens (tertiary/aromatic N) is 2. The van der Waals surface area contributed by atoms with Crippen molar-refractivity contribution >= 4 is 17.7 Å². The molecule has 27 heavy (non-hydrogen) atoms. The van der Waals surface area contributed by atoms with Gasteiger partial charge in [0.1, 0.15) is 0 Å². The number of hydrogen-bond donors (Lipinski definition) is 1. The Balaban J connectivity index is 1.51. The zero-order chi connectivity index (χ0) is 19.1. The molecule has 0 aromatic heterocycles. The number of nitrogens with one attached hydrogen (secondary N) is 1. The number of ether oxygens (including phenoxy) is 2. The van der Waals surface area contributed by atoms with Crippen molar-refractivity contribution in [2.45, 2.75) is 50.7 Å². The zero-order valence-electron chi connectivity index (χ0n) is 16.9. The zero-order valence-corrected chi connectivity index (χ0v) is 17.7. The lowest BCUT2D eigenvalue weighted by Gasteiger charge is -2.39. The lowest BCUT2D eigenvalue weighted by atomic mass is 10.1. The van der Waals surface area contributed by atoms with Gasteiger partial charge in [-0.25, -0.2) is 0 Å². The van der Waals surface area contributed by atoms with E-state index in [0.29, 0.717) is 12.7 Å². The molecule has 2 aliphatic rings. The molecule has 1 aromatic carbocycles. The van der Waals surface area contributed by atoms with Crippen molar-refractivity contribution in [3.05, 3.63) is 35.4 Å². The van der Waals surface area contributed by atoms with Crippen LogP contribution in [0.15, 0.2) is 29.3 Å². The van der Waals surface area contributed by atoms with Crippen molar-refractivity contribution in [2.75, 3.05) is 39.1 Å². The standard InChI is InChI=1S/C21H33N3O2S/c1-21(2)16-24(9-12-27-21)20(22-3)23-14-17-5-4-6-18(13-17)15-26-19-7-10-25-11-8-19/h4-6,13,19H,7-12,14-16H2,1-3H3,(H,22,23). The Bertz CT molecular complexity index is 630. The van der Waals surface area contributed by atoms with E-state index < -0.39 is 0 Å². The van der Waals surface area contributed by atoms with E-state index in [2.05, 4.69) is 53.3 Å². The summed E-state index contributed by atoms with van der Waals surface area (Å²) in [6.45, 7) is 9.77. The number of aliphatic imine (C=N–C) groups is 1. The second-order valence-electron chi connectivity index (χ2n) is 7.87. The first-order valence-electron chi connectivity index (χ1n) is 9.92. The normalized spacial score (nSPS) is 21.3. The summed E-state index contributed by atoms with van der Waals surface area (Å²) in [7, 11) is 1.87. The summed E-state index contributed by atoms with van der Waals surface area (Å²) in [4.78, 5) is 6.87. The monoisotopic (exact) mass is 391 g/mol.